The average molecular weight is 476 g/mol. The van der Waals surface area contributed by atoms with Gasteiger partial charge in [0.1, 0.15) is 23.6 Å². The Morgan fingerprint density at radius 3 is 2.74 bits per heavy atom. The normalized spacial score (nSPS) is 11.1. The van der Waals surface area contributed by atoms with E-state index < -0.39 is 0 Å². The van der Waals surface area contributed by atoms with Crippen molar-refractivity contribution in [1.82, 2.24) is 25.0 Å². The van der Waals surface area contributed by atoms with E-state index >= 15 is 0 Å². The molecule has 0 radical (unpaired) electrons. The number of aromatic nitrogens is 4. The highest BCUT2D eigenvalue weighted by molar-refractivity contribution is 7.09. The SMILES string of the molecule is Cc1ccc2c(=O)c(-c3nc(-c4ccc(F)cc4)no3)cn(CC(=O)NCc3cccs3)c2n1. The van der Waals surface area contributed by atoms with Gasteiger partial charge in [-0.1, -0.05) is 11.2 Å². The number of hydrogen-bond donors (Lipinski definition) is 1. The lowest BCUT2D eigenvalue weighted by Crippen LogP contribution is -2.28. The molecule has 4 aromatic heterocycles. The Hall–Kier alpha value is -4.18. The fraction of sp³-hybridized carbons (Fsp3) is 0.125. The molecule has 0 unspecified atom stereocenters. The Bertz CT molecular complexity index is 1540. The number of hydrogen-bond acceptors (Lipinski definition) is 7. The maximum absolute atomic E-state index is 13.2. The molecule has 0 aliphatic rings. The number of thiophene rings is 1. The van der Waals surface area contributed by atoms with Crippen molar-refractivity contribution < 1.29 is 13.7 Å². The van der Waals surface area contributed by atoms with Crippen LogP contribution in [0.1, 0.15) is 10.6 Å². The number of nitrogens with zero attached hydrogens (tertiary/aromatic N) is 4. The molecule has 0 saturated carbocycles. The van der Waals surface area contributed by atoms with Crippen molar-refractivity contribution in [1.29, 1.82) is 0 Å². The zero-order valence-corrected chi connectivity index (χ0v) is 18.8. The highest BCUT2D eigenvalue weighted by atomic mass is 32.1. The predicted molar refractivity (Wildman–Crippen MR) is 126 cm³/mol. The lowest BCUT2D eigenvalue weighted by Gasteiger charge is -2.12. The second kappa shape index (κ2) is 8.99. The highest BCUT2D eigenvalue weighted by Gasteiger charge is 2.19. The van der Waals surface area contributed by atoms with Gasteiger partial charge in [0.25, 0.3) is 5.89 Å². The molecule has 1 N–H and O–H groups in total. The zero-order valence-electron chi connectivity index (χ0n) is 18.0. The third kappa shape index (κ3) is 4.35. The van der Waals surface area contributed by atoms with Gasteiger partial charge in [0.2, 0.25) is 17.2 Å². The number of halogens is 1. The van der Waals surface area contributed by atoms with Gasteiger partial charge in [-0.05, 0) is 54.8 Å². The molecular weight excluding hydrogens is 457 g/mol. The van der Waals surface area contributed by atoms with Crippen molar-refractivity contribution in [3.8, 4) is 22.8 Å². The summed E-state index contributed by atoms with van der Waals surface area (Å²) in [4.78, 5) is 35.7. The molecule has 0 aliphatic carbocycles. The van der Waals surface area contributed by atoms with Gasteiger partial charge in [-0.3, -0.25) is 9.59 Å². The minimum absolute atomic E-state index is 0.000422. The number of benzene rings is 1. The smallest absolute Gasteiger partial charge is 0.263 e. The molecule has 0 saturated heterocycles. The van der Waals surface area contributed by atoms with Crippen molar-refractivity contribution in [2.24, 2.45) is 0 Å². The number of pyridine rings is 2. The molecule has 0 spiro atoms. The summed E-state index contributed by atoms with van der Waals surface area (Å²) in [6.07, 6.45) is 1.50. The van der Waals surface area contributed by atoms with Gasteiger partial charge in [-0.25, -0.2) is 9.37 Å². The average Bonchev–Trinajstić information content (AvgIpc) is 3.52. The van der Waals surface area contributed by atoms with Crippen LogP contribution in [-0.2, 0) is 17.9 Å². The van der Waals surface area contributed by atoms with E-state index in [1.807, 2.05) is 24.4 Å². The van der Waals surface area contributed by atoms with Crippen LogP contribution in [0.4, 0.5) is 4.39 Å². The molecule has 0 bridgehead atoms. The number of amides is 1. The van der Waals surface area contributed by atoms with Crippen LogP contribution >= 0.6 is 11.3 Å². The van der Waals surface area contributed by atoms with Crippen LogP contribution in [0.3, 0.4) is 0 Å². The summed E-state index contributed by atoms with van der Waals surface area (Å²) in [7, 11) is 0. The first-order chi connectivity index (χ1) is 16.5. The van der Waals surface area contributed by atoms with Crippen LogP contribution in [-0.4, -0.2) is 25.6 Å². The third-order valence-corrected chi connectivity index (χ3v) is 6.05. The maximum atomic E-state index is 13.2. The van der Waals surface area contributed by atoms with Crippen molar-refractivity contribution in [3.05, 3.63) is 86.7 Å². The van der Waals surface area contributed by atoms with E-state index in [0.717, 1.165) is 4.88 Å². The summed E-state index contributed by atoms with van der Waals surface area (Å²) >= 11 is 1.56. The van der Waals surface area contributed by atoms with Crippen LogP contribution in [0.15, 0.2) is 69.4 Å². The molecular formula is C24H18FN5O3S. The number of fused-ring (bicyclic) bond motifs is 1. The highest BCUT2D eigenvalue weighted by Crippen LogP contribution is 2.22. The Balaban J connectivity index is 1.52. The van der Waals surface area contributed by atoms with Gasteiger partial charge in [-0.2, -0.15) is 4.98 Å². The summed E-state index contributed by atoms with van der Waals surface area (Å²) in [5.41, 5.74) is 1.45. The van der Waals surface area contributed by atoms with Gasteiger partial charge in [0, 0.05) is 22.3 Å². The summed E-state index contributed by atoms with van der Waals surface area (Å²) in [5.74, 6) is -0.397. The summed E-state index contributed by atoms with van der Waals surface area (Å²) in [6.45, 7) is 2.18. The monoisotopic (exact) mass is 475 g/mol. The third-order valence-electron chi connectivity index (χ3n) is 5.17. The number of nitrogens with one attached hydrogen (secondary N) is 1. The predicted octanol–water partition coefficient (Wildman–Crippen LogP) is 3.94. The van der Waals surface area contributed by atoms with E-state index in [-0.39, 0.29) is 41.0 Å². The number of aryl methyl sites for hydroxylation is 1. The fourth-order valence-electron chi connectivity index (χ4n) is 3.49. The van der Waals surface area contributed by atoms with Gasteiger partial charge in [0.15, 0.2) is 0 Å². The van der Waals surface area contributed by atoms with Crippen molar-refractivity contribution in [3.63, 3.8) is 0 Å². The van der Waals surface area contributed by atoms with Crippen molar-refractivity contribution in [2.75, 3.05) is 0 Å². The number of carbonyl (C=O) groups is 1. The summed E-state index contributed by atoms with van der Waals surface area (Å²) < 4.78 is 20.2. The minimum atomic E-state index is -0.384. The second-order valence-corrected chi connectivity index (χ2v) is 8.64. The van der Waals surface area contributed by atoms with Crippen LogP contribution in [0.5, 0.6) is 0 Å². The van der Waals surface area contributed by atoms with Crippen molar-refractivity contribution in [2.45, 2.75) is 20.0 Å². The molecule has 8 nitrogen and oxygen atoms in total. The molecule has 34 heavy (non-hydrogen) atoms. The Kier molecular flexibility index (Phi) is 5.72. The number of rotatable bonds is 6. The van der Waals surface area contributed by atoms with Crippen LogP contribution in [0.25, 0.3) is 33.9 Å². The van der Waals surface area contributed by atoms with Crippen LogP contribution < -0.4 is 10.7 Å². The molecule has 170 valence electrons. The molecule has 5 aromatic rings. The maximum Gasteiger partial charge on any atom is 0.263 e. The van der Waals surface area contributed by atoms with E-state index in [1.54, 1.807) is 28.0 Å². The van der Waals surface area contributed by atoms with Gasteiger partial charge in [0.05, 0.1) is 11.9 Å². The second-order valence-electron chi connectivity index (χ2n) is 7.61. The van der Waals surface area contributed by atoms with Crippen LogP contribution in [0.2, 0.25) is 0 Å². The molecule has 0 fully saturated rings. The Morgan fingerprint density at radius 1 is 1.15 bits per heavy atom. The minimum Gasteiger partial charge on any atom is -0.350 e. The molecule has 1 aromatic carbocycles. The molecule has 0 atom stereocenters. The zero-order chi connectivity index (χ0) is 23.7. The molecule has 0 aliphatic heterocycles. The van der Waals surface area contributed by atoms with Crippen molar-refractivity contribution >= 4 is 28.3 Å². The first kappa shape index (κ1) is 21.7. The molecule has 4 heterocycles. The number of carbonyl (C=O) groups excluding carboxylic acids is 1. The standard InChI is InChI=1S/C24H18FN5O3S/c1-14-4-9-18-21(32)19(24-28-22(29-33-24)15-5-7-16(25)8-6-15)12-30(23(18)27-14)13-20(31)26-11-17-3-2-10-34-17/h2-10,12H,11,13H2,1H3,(H,26,31). The summed E-state index contributed by atoms with van der Waals surface area (Å²) in [5, 5.41) is 9.08. The summed E-state index contributed by atoms with van der Waals surface area (Å²) in [6, 6.07) is 12.9. The fourth-order valence-corrected chi connectivity index (χ4v) is 4.14. The lowest BCUT2D eigenvalue weighted by molar-refractivity contribution is -0.121. The lowest BCUT2D eigenvalue weighted by atomic mass is 10.1. The van der Waals surface area contributed by atoms with Crippen LogP contribution in [0, 0.1) is 12.7 Å². The van der Waals surface area contributed by atoms with Gasteiger partial charge >= 0.3 is 0 Å². The van der Waals surface area contributed by atoms with Gasteiger partial charge < -0.3 is 14.4 Å². The van der Waals surface area contributed by atoms with E-state index in [9.17, 15) is 14.0 Å². The first-order valence-electron chi connectivity index (χ1n) is 10.4. The Labute approximate surface area is 196 Å². The van der Waals surface area contributed by atoms with Gasteiger partial charge in [-0.15, -0.1) is 11.3 Å². The quantitative estimate of drug-likeness (QED) is 0.399. The molecule has 5 rings (SSSR count). The van der Waals surface area contributed by atoms with E-state index in [0.29, 0.717) is 28.8 Å². The van der Waals surface area contributed by atoms with E-state index in [1.165, 1.54) is 30.5 Å². The molecule has 10 heteroatoms. The first-order valence-corrected chi connectivity index (χ1v) is 11.3. The Morgan fingerprint density at radius 2 is 1.97 bits per heavy atom. The van der Waals surface area contributed by atoms with E-state index in [2.05, 4.69) is 20.4 Å². The largest absolute Gasteiger partial charge is 0.350 e. The topological polar surface area (TPSA) is 103 Å². The van der Waals surface area contributed by atoms with E-state index in [4.69, 9.17) is 4.52 Å². The molecule has 1 amide bonds.